The summed E-state index contributed by atoms with van der Waals surface area (Å²) < 4.78 is 5.45. The van der Waals surface area contributed by atoms with E-state index in [0.29, 0.717) is 27.2 Å². The maximum absolute atomic E-state index is 11.8. The molecule has 6 heteroatoms. The number of hydrogen-bond acceptors (Lipinski definition) is 3. The SMILES string of the molecule is Nc1ccc(OCCC(=O)Nc2c(Cl)cccc2Cl)cc1. The summed E-state index contributed by atoms with van der Waals surface area (Å²) in [5, 5.41) is 3.47. The van der Waals surface area contributed by atoms with E-state index in [0.717, 1.165) is 0 Å². The first-order chi connectivity index (χ1) is 10.1. The molecule has 0 aliphatic carbocycles. The van der Waals surface area contributed by atoms with Crippen LogP contribution in [0.3, 0.4) is 0 Å². The van der Waals surface area contributed by atoms with Gasteiger partial charge in [0.1, 0.15) is 5.75 Å². The van der Waals surface area contributed by atoms with Gasteiger partial charge in [0, 0.05) is 5.69 Å². The van der Waals surface area contributed by atoms with Crippen molar-refractivity contribution in [2.75, 3.05) is 17.7 Å². The topological polar surface area (TPSA) is 64.3 Å². The van der Waals surface area contributed by atoms with Crippen LogP contribution in [0.25, 0.3) is 0 Å². The molecule has 0 radical (unpaired) electrons. The maximum atomic E-state index is 11.8. The van der Waals surface area contributed by atoms with E-state index in [4.69, 9.17) is 33.7 Å². The first-order valence-corrected chi connectivity index (χ1v) is 7.04. The molecule has 0 aromatic heterocycles. The smallest absolute Gasteiger partial charge is 0.227 e. The summed E-state index contributed by atoms with van der Waals surface area (Å²) in [4.78, 5) is 11.8. The van der Waals surface area contributed by atoms with Crippen molar-refractivity contribution >= 4 is 40.5 Å². The molecule has 4 nitrogen and oxygen atoms in total. The van der Waals surface area contributed by atoms with E-state index in [1.165, 1.54) is 0 Å². The molecule has 2 rings (SSSR count). The van der Waals surface area contributed by atoms with Crippen LogP contribution in [-0.4, -0.2) is 12.5 Å². The number of amides is 1. The molecule has 0 fully saturated rings. The molecule has 0 unspecified atom stereocenters. The lowest BCUT2D eigenvalue weighted by atomic mass is 10.3. The van der Waals surface area contributed by atoms with Crippen molar-refractivity contribution in [3.63, 3.8) is 0 Å². The summed E-state index contributed by atoms with van der Waals surface area (Å²) in [6.45, 7) is 0.248. The van der Waals surface area contributed by atoms with Gasteiger partial charge in [0.15, 0.2) is 0 Å². The number of para-hydroxylation sites is 1. The number of nitrogens with two attached hydrogens (primary N) is 1. The second-order valence-electron chi connectivity index (χ2n) is 4.31. The molecule has 1 amide bonds. The van der Waals surface area contributed by atoms with Crippen LogP contribution < -0.4 is 15.8 Å². The van der Waals surface area contributed by atoms with Gasteiger partial charge in [-0.15, -0.1) is 0 Å². The molecule has 0 saturated heterocycles. The summed E-state index contributed by atoms with van der Waals surface area (Å²) in [5.74, 6) is 0.438. The fourth-order valence-electron chi connectivity index (χ4n) is 1.64. The van der Waals surface area contributed by atoms with E-state index in [2.05, 4.69) is 5.32 Å². The number of nitrogens with one attached hydrogen (secondary N) is 1. The number of anilines is 2. The zero-order valence-electron chi connectivity index (χ0n) is 11.1. The standard InChI is InChI=1S/C15H14Cl2N2O2/c16-12-2-1-3-13(17)15(12)19-14(20)8-9-21-11-6-4-10(18)5-7-11/h1-7H,8-9,18H2,(H,19,20). The Morgan fingerprint density at radius 3 is 2.33 bits per heavy atom. The largest absolute Gasteiger partial charge is 0.493 e. The molecule has 21 heavy (non-hydrogen) atoms. The molecule has 2 aromatic rings. The Bertz CT molecular complexity index is 610. The third-order valence-electron chi connectivity index (χ3n) is 2.71. The number of halogens is 2. The maximum Gasteiger partial charge on any atom is 0.227 e. The minimum atomic E-state index is -0.222. The van der Waals surface area contributed by atoms with Crippen LogP contribution in [0.2, 0.25) is 10.0 Å². The molecule has 0 heterocycles. The molecular weight excluding hydrogens is 311 g/mol. The van der Waals surface area contributed by atoms with Crippen molar-refractivity contribution < 1.29 is 9.53 Å². The van der Waals surface area contributed by atoms with Crippen LogP contribution in [0, 0.1) is 0 Å². The van der Waals surface area contributed by atoms with Gasteiger partial charge in [-0.2, -0.15) is 0 Å². The zero-order valence-corrected chi connectivity index (χ0v) is 12.6. The van der Waals surface area contributed by atoms with Gasteiger partial charge in [0.2, 0.25) is 5.91 Å². The lowest BCUT2D eigenvalue weighted by Gasteiger charge is -2.10. The molecule has 0 saturated carbocycles. The second-order valence-corrected chi connectivity index (χ2v) is 5.13. The Balaban J connectivity index is 1.84. The Hall–Kier alpha value is -1.91. The van der Waals surface area contributed by atoms with Crippen LogP contribution in [0.15, 0.2) is 42.5 Å². The average molecular weight is 325 g/mol. The van der Waals surface area contributed by atoms with Crippen molar-refractivity contribution in [2.45, 2.75) is 6.42 Å². The Labute approximate surface area is 132 Å². The number of carbonyl (C=O) groups is 1. The van der Waals surface area contributed by atoms with Crippen molar-refractivity contribution in [1.29, 1.82) is 0 Å². The molecule has 0 aliphatic rings. The van der Waals surface area contributed by atoms with Crippen molar-refractivity contribution in [3.8, 4) is 5.75 Å². The number of nitrogen functional groups attached to an aromatic ring is 1. The molecular formula is C15H14Cl2N2O2. The summed E-state index contributed by atoms with van der Waals surface area (Å²) in [5.41, 5.74) is 6.65. The highest BCUT2D eigenvalue weighted by atomic mass is 35.5. The monoisotopic (exact) mass is 324 g/mol. The zero-order chi connectivity index (χ0) is 15.2. The Morgan fingerprint density at radius 1 is 1.10 bits per heavy atom. The number of carbonyl (C=O) groups excluding carboxylic acids is 1. The van der Waals surface area contributed by atoms with E-state index < -0.39 is 0 Å². The van der Waals surface area contributed by atoms with Crippen LogP contribution in [0.4, 0.5) is 11.4 Å². The van der Waals surface area contributed by atoms with E-state index in [1.807, 2.05) is 0 Å². The van der Waals surface area contributed by atoms with Gasteiger partial charge in [0.05, 0.1) is 28.8 Å². The highest BCUT2D eigenvalue weighted by Crippen LogP contribution is 2.29. The number of benzene rings is 2. The predicted molar refractivity (Wildman–Crippen MR) is 86.1 cm³/mol. The van der Waals surface area contributed by atoms with Gasteiger partial charge >= 0.3 is 0 Å². The van der Waals surface area contributed by atoms with Crippen molar-refractivity contribution in [1.82, 2.24) is 0 Å². The fraction of sp³-hybridized carbons (Fsp3) is 0.133. The molecule has 3 N–H and O–H groups in total. The molecule has 110 valence electrons. The van der Waals surface area contributed by atoms with E-state index in [9.17, 15) is 4.79 Å². The van der Waals surface area contributed by atoms with Crippen LogP contribution in [-0.2, 0) is 4.79 Å². The quantitative estimate of drug-likeness (QED) is 0.817. The summed E-state index contributed by atoms with van der Waals surface area (Å²) >= 11 is 12.0. The molecule has 0 spiro atoms. The molecule has 0 bridgehead atoms. The Kier molecular flexibility index (Phi) is 5.31. The summed E-state index contributed by atoms with van der Waals surface area (Å²) in [6, 6.07) is 12.0. The number of rotatable bonds is 5. The van der Waals surface area contributed by atoms with E-state index in [1.54, 1.807) is 42.5 Å². The summed E-state index contributed by atoms with van der Waals surface area (Å²) in [6.07, 6.45) is 0.186. The lowest BCUT2D eigenvalue weighted by Crippen LogP contribution is -2.15. The fourth-order valence-corrected chi connectivity index (χ4v) is 2.14. The minimum Gasteiger partial charge on any atom is -0.493 e. The van der Waals surface area contributed by atoms with Gasteiger partial charge in [0.25, 0.3) is 0 Å². The molecule has 0 aliphatic heterocycles. The van der Waals surface area contributed by atoms with Crippen molar-refractivity contribution in [3.05, 3.63) is 52.5 Å². The van der Waals surface area contributed by atoms with E-state index >= 15 is 0 Å². The lowest BCUT2D eigenvalue weighted by molar-refractivity contribution is -0.116. The van der Waals surface area contributed by atoms with Crippen molar-refractivity contribution in [2.24, 2.45) is 0 Å². The van der Waals surface area contributed by atoms with Gasteiger partial charge < -0.3 is 15.8 Å². The normalized spacial score (nSPS) is 10.2. The summed E-state index contributed by atoms with van der Waals surface area (Å²) in [7, 11) is 0. The molecule has 0 atom stereocenters. The van der Waals surface area contributed by atoms with Crippen LogP contribution in [0.5, 0.6) is 5.75 Å². The van der Waals surface area contributed by atoms with Crippen LogP contribution in [0.1, 0.15) is 6.42 Å². The third-order valence-corrected chi connectivity index (χ3v) is 3.34. The second kappa shape index (κ2) is 7.20. The van der Waals surface area contributed by atoms with Gasteiger partial charge in [-0.3, -0.25) is 4.79 Å². The van der Waals surface area contributed by atoms with Crippen LogP contribution >= 0.6 is 23.2 Å². The highest BCUT2D eigenvalue weighted by Gasteiger charge is 2.09. The van der Waals surface area contributed by atoms with Gasteiger partial charge in [-0.05, 0) is 36.4 Å². The third kappa shape index (κ3) is 4.55. The van der Waals surface area contributed by atoms with Gasteiger partial charge in [-0.25, -0.2) is 0 Å². The number of ether oxygens (including phenoxy) is 1. The van der Waals surface area contributed by atoms with Gasteiger partial charge in [-0.1, -0.05) is 29.3 Å². The first kappa shape index (κ1) is 15.5. The predicted octanol–water partition coefficient (Wildman–Crippen LogP) is 3.98. The minimum absolute atomic E-state index is 0.186. The molecule has 2 aromatic carbocycles. The first-order valence-electron chi connectivity index (χ1n) is 6.28. The van der Waals surface area contributed by atoms with E-state index in [-0.39, 0.29) is 18.9 Å². The number of hydrogen-bond donors (Lipinski definition) is 2. The Morgan fingerprint density at radius 2 is 1.71 bits per heavy atom. The average Bonchev–Trinajstić information content (AvgIpc) is 2.45. The highest BCUT2D eigenvalue weighted by molar-refractivity contribution is 6.39.